The molecule has 0 radical (unpaired) electrons. The zero-order valence-electron chi connectivity index (χ0n) is 8.59. The van der Waals surface area contributed by atoms with Crippen molar-refractivity contribution in [2.75, 3.05) is 10.5 Å². The number of anilines is 1. The molecule has 0 bridgehead atoms. The molecule has 0 unspecified atom stereocenters. The van der Waals surface area contributed by atoms with Crippen molar-refractivity contribution in [3.63, 3.8) is 0 Å². The first-order valence-corrected chi connectivity index (χ1v) is 6.41. The van der Waals surface area contributed by atoms with Gasteiger partial charge in [0.05, 0.1) is 21.3 Å². The van der Waals surface area contributed by atoms with E-state index in [0.717, 1.165) is 12.2 Å². The van der Waals surface area contributed by atoms with Crippen LogP contribution in [0.5, 0.6) is 0 Å². The predicted octanol–water partition coefficient (Wildman–Crippen LogP) is 4.16. The van der Waals surface area contributed by atoms with Gasteiger partial charge in [-0.05, 0) is 18.6 Å². The van der Waals surface area contributed by atoms with Gasteiger partial charge in [0, 0.05) is 5.75 Å². The SMILES string of the molecule is CCCSNc1ccc(Cl)c(C(=O)O)c1Cl. The largest absolute Gasteiger partial charge is 0.478 e. The van der Waals surface area contributed by atoms with Gasteiger partial charge >= 0.3 is 5.97 Å². The van der Waals surface area contributed by atoms with Gasteiger partial charge in [-0.1, -0.05) is 42.1 Å². The van der Waals surface area contributed by atoms with Crippen LogP contribution in [-0.4, -0.2) is 16.8 Å². The number of rotatable bonds is 5. The van der Waals surface area contributed by atoms with Crippen LogP contribution in [0.1, 0.15) is 23.7 Å². The van der Waals surface area contributed by atoms with Crippen LogP contribution in [0.2, 0.25) is 10.0 Å². The van der Waals surface area contributed by atoms with Crippen molar-refractivity contribution in [1.29, 1.82) is 0 Å². The molecule has 0 heterocycles. The lowest BCUT2D eigenvalue weighted by Gasteiger charge is -2.09. The van der Waals surface area contributed by atoms with Crippen LogP contribution in [0.4, 0.5) is 5.69 Å². The third-order valence-corrected chi connectivity index (χ3v) is 3.48. The summed E-state index contributed by atoms with van der Waals surface area (Å²) in [5, 5.41) is 9.22. The molecule has 6 heteroatoms. The maximum absolute atomic E-state index is 10.9. The van der Waals surface area contributed by atoms with Crippen molar-refractivity contribution in [2.24, 2.45) is 0 Å². The number of carboxylic acid groups (broad SMARTS) is 1. The Morgan fingerprint density at radius 2 is 2.19 bits per heavy atom. The Bertz CT molecular complexity index is 399. The van der Waals surface area contributed by atoms with E-state index in [2.05, 4.69) is 11.6 Å². The summed E-state index contributed by atoms with van der Waals surface area (Å²) in [6, 6.07) is 3.19. The number of nitrogens with one attached hydrogen (secondary N) is 1. The lowest BCUT2D eigenvalue weighted by atomic mass is 10.2. The van der Waals surface area contributed by atoms with E-state index >= 15 is 0 Å². The third kappa shape index (κ3) is 3.20. The monoisotopic (exact) mass is 279 g/mol. The maximum atomic E-state index is 10.9. The van der Waals surface area contributed by atoms with E-state index in [4.69, 9.17) is 28.3 Å². The number of hydrogen-bond acceptors (Lipinski definition) is 3. The smallest absolute Gasteiger partial charge is 0.338 e. The normalized spacial score (nSPS) is 10.2. The van der Waals surface area contributed by atoms with E-state index in [1.54, 1.807) is 6.07 Å². The van der Waals surface area contributed by atoms with E-state index in [1.807, 2.05) is 0 Å². The summed E-state index contributed by atoms with van der Waals surface area (Å²) >= 11 is 13.2. The highest BCUT2D eigenvalue weighted by Crippen LogP contribution is 2.33. The fraction of sp³-hybridized carbons (Fsp3) is 0.300. The summed E-state index contributed by atoms with van der Waals surface area (Å²) in [6.07, 6.45) is 1.02. The molecular weight excluding hydrogens is 269 g/mol. The average molecular weight is 280 g/mol. The van der Waals surface area contributed by atoms with Gasteiger partial charge in [-0.15, -0.1) is 0 Å². The Morgan fingerprint density at radius 3 is 2.75 bits per heavy atom. The Kier molecular flexibility index (Phi) is 5.25. The van der Waals surface area contributed by atoms with Gasteiger partial charge in [0.2, 0.25) is 0 Å². The molecule has 0 amide bonds. The van der Waals surface area contributed by atoms with Crippen LogP contribution in [0, 0.1) is 0 Å². The van der Waals surface area contributed by atoms with Crippen molar-refractivity contribution in [1.82, 2.24) is 0 Å². The van der Waals surface area contributed by atoms with Crippen LogP contribution in [0.15, 0.2) is 12.1 Å². The number of aromatic carboxylic acids is 1. The van der Waals surface area contributed by atoms with E-state index in [0.29, 0.717) is 5.69 Å². The molecule has 2 N–H and O–H groups in total. The van der Waals surface area contributed by atoms with Crippen molar-refractivity contribution >= 4 is 46.8 Å². The van der Waals surface area contributed by atoms with Crippen molar-refractivity contribution in [3.8, 4) is 0 Å². The molecule has 88 valence electrons. The van der Waals surface area contributed by atoms with Crippen LogP contribution in [-0.2, 0) is 0 Å². The molecule has 1 aromatic rings. The minimum Gasteiger partial charge on any atom is -0.478 e. The summed E-state index contributed by atoms with van der Waals surface area (Å²) < 4.78 is 3.00. The molecule has 0 aliphatic rings. The lowest BCUT2D eigenvalue weighted by Crippen LogP contribution is -2.01. The molecule has 0 atom stereocenters. The zero-order valence-corrected chi connectivity index (χ0v) is 10.9. The molecule has 1 aromatic carbocycles. The predicted molar refractivity (Wildman–Crippen MR) is 69.8 cm³/mol. The van der Waals surface area contributed by atoms with Gasteiger partial charge in [0.15, 0.2) is 0 Å². The van der Waals surface area contributed by atoms with Crippen molar-refractivity contribution in [3.05, 3.63) is 27.7 Å². The van der Waals surface area contributed by atoms with Gasteiger partial charge < -0.3 is 9.83 Å². The van der Waals surface area contributed by atoms with Crippen molar-refractivity contribution < 1.29 is 9.90 Å². The number of hydrogen-bond donors (Lipinski definition) is 2. The molecule has 0 aromatic heterocycles. The van der Waals surface area contributed by atoms with Gasteiger partial charge in [-0.3, -0.25) is 0 Å². The topological polar surface area (TPSA) is 49.3 Å². The molecule has 0 aliphatic heterocycles. The van der Waals surface area contributed by atoms with E-state index in [9.17, 15) is 4.79 Å². The lowest BCUT2D eigenvalue weighted by molar-refractivity contribution is 0.0697. The van der Waals surface area contributed by atoms with E-state index < -0.39 is 5.97 Å². The first-order valence-electron chi connectivity index (χ1n) is 4.67. The summed E-state index contributed by atoms with van der Waals surface area (Å²) in [4.78, 5) is 10.9. The first kappa shape index (κ1) is 13.5. The van der Waals surface area contributed by atoms with Gasteiger partial charge in [0.1, 0.15) is 0 Å². The summed E-state index contributed by atoms with van der Waals surface area (Å²) in [6.45, 7) is 2.06. The third-order valence-electron chi connectivity index (χ3n) is 1.79. The molecule has 0 fully saturated rings. The molecule has 3 nitrogen and oxygen atoms in total. The molecular formula is C10H11Cl2NO2S. The Morgan fingerprint density at radius 1 is 1.50 bits per heavy atom. The molecule has 0 spiro atoms. The van der Waals surface area contributed by atoms with Gasteiger partial charge in [-0.25, -0.2) is 4.79 Å². The highest BCUT2D eigenvalue weighted by Gasteiger charge is 2.16. The summed E-state index contributed by atoms with van der Waals surface area (Å²) in [5.41, 5.74) is 0.507. The Labute approximate surface area is 108 Å². The average Bonchev–Trinajstić information content (AvgIpc) is 2.21. The summed E-state index contributed by atoms with van der Waals surface area (Å²) in [7, 11) is 0. The van der Waals surface area contributed by atoms with Crippen LogP contribution in [0.25, 0.3) is 0 Å². The van der Waals surface area contributed by atoms with Crippen molar-refractivity contribution in [2.45, 2.75) is 13.3 Å². The second kappa shape index (κ2) is 6.23. The first-order chi connectivity index (χ1) is 7.57. The fourth-order valence-corrected chi connectivity index (χ4v) is 2.33. The number of carboxylic acids is 1. The minimum absolute atomic E-state index is 0.0644. The van der Waals surface area contributed by atoms with Gasteiger partial charge in [-0.2, -0.15) is 0 Å². The van der Waals surface area contributed by atoms with Gasteiger partial charge in [0.25, 0.3) is 0 Å². The highest BCUT2D eigenvalue weighted by atomic mass is 35.5. The standard InChI is InChI=1S/C10H11Cl2NO2S/c1-2-5-16-13-7-4-3-6(11)8(9(7)12)10(14)15/h3-4,13H,2,5H2,1H3,(H,14,15). The Hall–Kier alpha value is -0.580. The molecule has 0 saturated carbocycles. The Balaban J connectivity index is 2.95. The second-order valence-corrected chi connectivity index (χ2v) is 4.73. The quantitative estimate of drug-likeness (QED) is 0.628. The summed E-state index contributed by atoms with van der Waals surface area (Å²) in [5.74, 6) is -0.208. The number of benzene rings is 1. The van der Waals surface area contributed by atoms with E-state index in [-0.39, 0.29) is 15.6 Å². The number of halogens is 2. The second-order valence-electron chi connectivity index (χ2n) is 3.04. The molecule has 16 heavy (non-hydrogen) atoms. The highest BCUT2D eigenvalue weighted by molar-refractivity contribution is 8.00. The fourth-order valence-electron chi connectivity index (χ4n) is 1.06. The molecule has 1 rings (SSSR count). The molecule has 0 saturated heterocycles. The van der Waals surface area contributed by atoms with Crippen LogP contribution >= 0.6 is 35.1 Å². The van der Waals surface area contributed by atoms with E-state index in [1.165, 1.54) is 18.0 Å². The van der Waals surface area contributed by atoms with Crippen LogP contribution in [0.3, 0.4) is 0 Å². The molecule has 0 aliphatic carbocycles. The van der Waals surface area contributed by atoms with Crippen LogP contribution < -0.4 is 4.72 Å². The minimum atomic E-state index is -1.13. The number of carbonyl (C=O) groups is 1. The zero-order chi connectivity index (χ0) is 12.1. The maximum Gasteiger partial charge on any atom is 0.338 e.